The minimum atomic E-state index is -1.10. The zero-order valence-electron chi connectivity index (χ0n) is 11.4. The molecule has 2 aromatic carbocycles. The van der Waals surface area contributed by atoms with Crippen molar-refractivity contribution in [2.45, 2.75) is 6.42 Å². The largest absolute Gasteiger partial charge is 0.478 e. The topological polar surface area (TPSA) is 96.2 Å². The molecular weight excluding hydrogens is 284 g/mol. The number of fused-ring (bicyclic) bond motifs is 1. The van der Waals surface area contributed by atoms with Gasteiger partial charge in [-0.2, -0.15) is 0 Å². The maximum atomic E-state index is 11.1. The van der Waals surface area contributed by atoms with Gasteiger partial charge >= 0.3 is 5.97 Å². The summed E-state index contributed by atoms with van der Waals surface area (Å²) < 4.78 is 0. The molecule has 1 aromatic heterocycles. The fourth-order valence-electron chi connectivity index (χ4n) is 2.46. The average Bonchev–Trinajstić information content (AvgIpc) is 2.94. The fourth-order valence-corrected chi connectivity index (χ4v) is 2.46. The van der Waals surface area contributed by atoms with Crippen LogP contribution in [0.1, 0.15) is 21.5 Å². The minimum absolute atomic E-state index is 0.0431. The van der Waals surface area contributed by atoms with Gasteiger partial charge in [0.05, 0.1) is 10.5 Å². The number of carboxylic acids is 1. The van der Waals surface area contributed by atoms with Crippen molar-refractivity contribution in [1.82, 2.24) is 4.98 Å². The summed E-state index contributed by atoms with van der Waals surface area (Å²) in [7, 11) is 0. The molecule has 0 aliphatic carbocycles. The molecule has 6 nitrogen and oxygen atoms in total. The van der Waals surface area contributed by atoms with E-state index in [1.807, 2.05) is 30.5 Å². The maximum Gasteiger partial charge on any atom is 0.335 e. The Morgan fingerprint density at radius 2 is 2.00 bits per heavy atom. The number of nitro groups is 1. The lowest BCUT2D eigenvalue weighted by Crippen LogP contribution is -2.02. The van der Waals surface area contributed by atoms with Crippen LogP contribution in [0.5, 0.6) is 0 Å². The van der Waals surface area contributed by atoms with Gasteiger partial charge in [-0.15, -0.1) is 0 Å². The number of nitro benzene ring substituents is 1. The molecule has 0 spiro atoms. The molecule has 0 radical (unpaired) electrons. The number of aromatic carboxylic acids is 1. The zero-order chi connectivity index (χ0) is 15.7. The van der Waals surface area contributed by atoms with E-state index in [0.29, 0.717) is 12.0 Å². The van der Waals surface area contributed by atoms with E-state index in [4.69, 9.17) is 5.11 Å². The molecule has 22 heavy (non-hydrogen) atoms. The van der Waals surface area contributed by atoms with Crippen molar-refractivity contribution in [3.63, 3.8) is 0 Å². The van der Waals surface area contributed by atoms with Crippen molar-refractivity contribution in [3.05, 3.63) is 75.5 Å². The predicted octanol–water partition coefficient (Wildman–Crippen LogP) is 3.37. The van der Waals surface area contributed by atoms with E-state index in [0.717, 1.165) is 16.5 Å². The van der Waals surface area contributed by atoms with E-state index in [9.17, 15) is 14.9 Å². The average molecular weight is 296 g/mol. The highest BCUT2D eigenvalue weighted by molar-refractivity contribution is 5.88. The van der Waals surface area contributed by atoms with Crippen LogP contribution in [0.3, 0.4) is 0 Å². The fraction of sp³-hybridized carbons (Fsp3) is 0.0625. The van der Waals surface area contributed by atoms with Gasteiger partial charge in [0.15, 0.2) is 0 Å². The van der Waals surface area contributed by atoms with Crippen molar-refractivity contribution in [2.75, 3.05) is 0 Å². The smallest absolute Gasteiger partial charge is 0.335 e. The number of carbonyl (C=O) groups is 1. The van der Waals surface area contributed by atoms with Crippen LogP contribution in [0.25, 0.3) is 10.9 Å². The van der Waals surface area contributed by atoms with Crippen molar-refractivity contribution in [2.24, 2.45) is 0 Å². The van der Waals surface area contributed by atoms with Crippen molar-refractivity contribution >= 4 is 22.6 Å². The molecule has 0 fully saturated rings. The van der Waals surface area contributed by atoms with Crippen LogP contribution in [0.15, 0.2) is 48.7 Å². The van der Waals surface area contributed by atoms with E-state index in [1.165, 1.54) is 18.2 Å². The van der Waals surface area contributed by atoms with Gasteiger partial charge in [-0.25, -0.2) is 4.79 Å². The highest BCUT2D eigenvalue weighted by atomic mass is 16.6. The normalized spacial score (nSPS) is 10.7. The summed E-state index contributed by atoms with van der Waals surface area (Å²) in [5.74, 6) is -1.10. The van der Waals surface area contributed by atoms with Crippen LogP contribution in [0.4, 0.5) is 5.69 Å². The lowest BCUT2D eigenvalue weighted by Gasteiger charge is -2.05. The number of nitrogens with zero attached hydrogens (tertiary/aromatic N) is 1. The molecular formula is C16H12N2O4. The number of hydrogen-bond acceptors (Lipinski definition) is 3. The van der Waals surface area contributed by atoms with Crippen molar-refractivity contribution in [1.29, 1.82) is 0 Å². The van der Waals surface area contributed by atoms with Crippen LogP contribution in [0.2, 0.25) is 0 Å². The molecule has 0 bridgehead atoms. The van der Waals surface area contributed by atoms with E-state index in [-0.39, 0.29) is 11.3 Å². The molecule has 0 aliphatic rings. The van der Waals surface area contributed by atoms with Crippen LogP contribution in [-0.2, 0) is 6.42 Å². The van der Waals surface area contributed by atoms with Gasteiger partial charge in [-0.1, -0.05) is 12.1 Å². The molecule has 3 aromatic rings. The summed E-state index contributed by atoms with van der Waals surface area (Å²) in [5.41, 5.74) is 2.17. The zero-order valence-corrected chi connectivity index (χ0v) is 11.4. The van der Waals surface area contributed by atoms with Gasteiger partial charge in [0.2, 0.25) is 0 Å². The van der Waals surface area contributed by atoms with Crippen molar-refractivity contribution < 1.29 is 14.8 Å². The first kappa shape index (κ1) is 13.8. The number of nitrogens with one attached hydrogen (secondary N) is 1. The van der Waals surface area contributed by atoms with Crippen LogP contribution < -0.4 is 0 Å². The monoisotopic (exact) mass is 296 g/mol. The number of aromatic amines is 1. The second-order valence-electron chi connectivity index (χ2n) is 4.98. The summed E-state index contributed by atoms with van der Waals surface area (Å²) in [5, 5.41) is 21.2. The van der Waals surface area contributed by atoms with Crippen molar-refractivity contribution in [3.8, 4) is 0 Å². The number of aromatic nitrogens is 1. The Balaban J connectivity index is 2.03. The third-order valence-electron chi connectivity index (χ3n) is 3.54. The highest BCUT2D eigenvalue weighted by Gasteiger charge is 2.17. The minimum Gasteiger partial charge on any atom is -0.478 e. The third-order valence-corrected chi connectivity index (χ3v) is 3.54. The summed E-state index contributed by atoms with van der Waals surface area (Å²) >= 11 is 0. The Hall–Kier alpha value is -3.15. The summed E-state index contributed by atoms with van der Waals surface area (Å²) in [6, 6.07) is 11.5. The molecule has 0 aliphatic heterocycles. The number of carboxylic acid groups (broad SMARTS) is 1. The number of H-pyrrole nitrogens is 1. The molecule has 0 atom stereocenters. The number of hydrogen-bond donors (Lipinski definition) is 2. The Labute approximate surface area is 125 Å². The van der Waals surface area contributed by atoms with Gasteiger partial charge < -0.3 is 10.1 Å². The first-order valence-corrected chi connectivity index (χ1v) is 6.61. The highest BCUT2D eigenvalue weighted by Crippen LogP contribution is 2.24. The lowest BCUT2D eigenvalue weighted by molar-refractivity contribution is -0.385. The Morgan fingerprint density at radius 1 is 1.18 bits per heavy atom. The van der Waals surface area contributed by atoms with E-state index >= 15 is 0 Å². The van der Waals surface area contributed by atoms with Gasteiger partial charge in [0.1, 0.15) is 0 Å². The Kier molecular flexibility index (Phi) is 3.34. The van der Waals surface area contributed by atoms with Gasteiger partial charge in [-0.3, -0.25) is 10.1 Å². The number of benzene rings is 2. The maximum absolute atomic E-state index is 11.1. The standard InChI is InChI=1S/C16H12N2O4/c19-16(20)12-3-4-15(18(21)22)13(9-12)7-10-1-2-11-5-6-17-14(11)8-10/h1-6,8-9,17H,7H2,(H,19,20). The lowest BCUT2D eigenvalue weighted by atomic mass is 10.00. The second kappa shape index (κ2) is 5.33. The summed E-state index contributed by atoms with van der Waals surface area (Å²) in [4.78, 5) is 24.8. The molecule has 2 N–H and O–H groups in total. The quantitative estimate of drug-likeness (QED) is 0.570. The molecule has 0 amide bonds. The van der Waals surface area contributed by atoms with E-state index in [2.05, 4.69) is 4.98 Å². The molecule has 0 saturated carbocycles. The third kappa shape index (κ3) is 2.54. The second-order valence-corrected chi connectivity index (χ2v) is 4.98. The Bertz CT molecular complexity index is 883. The molecule has 0 saturated heterocycles. The SMILES string of the molecule is O=C(O)c1ccc([N+](=O)[O-])c(Cc2ccc3cc[nH]c3c2)c1. The first-order valence-electron chi connectivity index (χ1n) is 6.61. The predicted molar refractivity (Wildman–Crippen MR) is 81.2 cm³/mol. The molecule has 3 rings (SSSR count). The van der Waals surface area contributed by atoms with Crippen LogP contribution in [-0.4, -0.2) is 21.0 Å². The molecule has 0 unspecified atom stereocenters. The molecule has 110 valence electrons. The number of rotatable bonds is 4. The Morgan fingerprint density at radius 3 is 2.73 bits per heavy atom. The van der Waals surface area contributed by atoms with Gasteiger partial charge in [-0.05, 0) is 35.2 Å². The van der Waals surface area contributed by atoms with Crippen LogP contribution in [0, 0.1) is 10.1 Å². The van der Waals surface area contributed by atoms with E-state index in [1.54, 1.807) is 0 Å². The summed E-state index contributed by atoms with van der Waals surface area (Å²) in [6.07, 6.45) is 2.12. The first-order chi connectivity index (χ1) is 10.5. The summed E-state index contributed by atoms with van der Waals surface area (Å²) in [6.45, 7) is 0. The van der Waals surface area contributed by atoms with E-state index < -0.39 is 10.9 Å². The van der Waals surface area contributed by atoms with Crippen LogP contribution >= 0.6 is 0 Å². The molecule has 1 heterocycles. The molecule has 6 heteroatoms. The van der Waals surface area contributed by atoms with Gasteiger partial charge in [0, 0.05) is 29.8 Å². The van der Waals surface area contributed by atoms with Gasteiger partial charge in [0.25, 0.3) is 5.69 Å².